The third-order valence-electron chi connectivity index (χ3n) is 6.04. The zero-order chi connectivity index (χ0) is 12.6. The number of nitrogens with zero attached hydrogens (tertiary/aromatic N) is 1. The number of Topliss-reactive ketones (excluding diaryl/α,β-unsaturated/α-hetero) is 1. The van der Waals surface area contributed by atoms with E-state index in [4.69, 9.17) is 0 Å². The molecule has 0 aromatic heterocycles. The number of piperidine rings is 1. The fraction of sp³-hybridized carbons (Fsp3) is 0.938. The van der Waals surface area contributed by atoms with Gasteiger partial charge in [0.15, 0.2) is 0 Å². The SMILES string of the molecule is CN1C2(CCCCC2)CC(=O)CC12CCCCC2. The van der Waals surface area contributed by atoms with E-state index in [2.05, 4.69) is 11.9 Å². The molecular formula is C16H27NO. The van der Waals surface area contributed by atoms with Crippen LogP contribution >= 0.6 is 0 Å². The van der Waals surface area contributed by atoms with E-state index in [0.29, 0.717) is 5.78 Å². The van der Waals surface area contributed by atoms with E-state index < -0.39 is 0 Å². The molecule has 2 spiro atoms. The van der Waals surface area contributed by atoms with Gasteiger partial charge in [0.25, 0.3) is 0 Å². The fourth-order valence-electron chi connectivity index (χ4n) is 4.98. The lowest BCUT2D eigenvalue weighted by atomic mass is 9.65. The number of carbonyl (C=O) groups is 1. The molecule has 2 aliphatic carbocycles. The first-order chi connectivity index (χ1) is 8.67. The minimum absolute atomic E-state index is 0.241. The van der Waals surface area contributed by atoms with Crippen LogP contribution in [0.15, 0.2) is 0 Å². The second-order valence-corrected chi connectivity index (χ2v) is 7.02. The highest BCUT2D eigenvalue weighted by atomic mass is 16.1. The van der Waals surface area contributed by atoms with Gasteiger partial charge < -0.3 is 0 Å². The van der Waals surface area contributed by atoms with Crippen molar-refractivity contribution in [3.8, 4) is 0 Å². The van der Waals surface area contributed by atoms with Gasteiger partial charge in [-0.1, -0.05) is 38.5 Å². The molecule has 1 aliphatic heterocycles. The summed E-state index contributed by atoms with van der Waals surface area (Å²) in [5.74, 6) is 0.553. The highest BCUT2D eigenvalue weighted by Gasteiger charge is 2.52. The quantitative estimate of drug-likeness (QED) is 0.652. The number of ketones is 1. The van der Waals surface area contributed by atoms with Crippen molar-refractivity contribution >= 4 is 5.78 Å². The Morgan fingerprint density at radius 3 is 1.56 bits per heavy atom. The third kappa shape index (κ3) is 1.93. The van der Waals surface area contributed by atoms with Crippen LogP contribution in [0.4, 0.5) is 0 Å². The van der Waals surface area contributed by atoms with Gasteiger partial charge in [-0.15, -0.1) is 0 Å². The van der Waals surface area contributed by atoms with Gasteiger partial charge in [-0.3, -0.25) is 9.69 Å². The average Bonchev–Trinajstić information content (AvgIpc) is 2.38. The number of hydrogen-bond acceptors (Lipinski definition) is 2. The van der Waals surface area contributed by atoms with Gasteiger partial charge in [-0.05, 0) is 32.7 Å². The molecule has 102 valence electrons. The summed E-state index contributed by atoms with van der Waals surface area (Å²) in [7, 11) is 2.34. The molecule has 2 heteroatoms. The summed E-state index contributed by atoms with van der Waals surface area (Å²) in [4.78, 5) is 15.0. The zero-order valence-electron chi connectivity index (χ0n) is 11.8. The lowest BCUT2D eigenvalue weighted by Gasteiger charge is -2.58. The molecule has 2 saturated carbocycles. The van der Waals surface area contributed by atoms with Crippen molar-refractivity contribution in [2.24, 2.45) is 0 Å². The largest absolute Gasteiger partial charge is 0.300 e. The summed E-state index contributed by atoms with van der Waals surface area (Å²) in [6, 6.07) is 0. The van der Waals surface area contributed by atoms with Gasteiger partial charge in [0.2, 0.25) is 0 Å². The van der Waals surface area contributed by atoms with Crippen molar-refractivity contribution in [3.05, 3.63) is 0 Å². The zero-order valence-corrected chi connectivity index (χ0v) is 11.8. The Balaban J connectivity index is 1.89. The summed E-state index contributed by atoms with van der Waals surface area (Å²) in [6.45, 7) is 0. The summed E-state index contributed by atoms with van der Waals surface area (Å²) in [5, 5.41) is 0. The van der Waals surface area contributed by atoms with Crippen LogP contribution in [-0.4, -0.2) is 28.8 Å². The summed E-state index contributed by atoms with van der Waals surface area (Å²) in [5.41, 5.74) is 0.482. The fourth-order valence-corrected chi connectivity index (χ4v) is 4.98. The van der Waals surface area contributed by atoms with Crippen molar-refractivity contribution in [3.63, 3.8) is 0 Å². The number of likely N-dealkylation sites (tertiary alicyclic amines) is 1. The van der Waals surface area contributed by atoms with Crippen LogP contribution < -0.4 is 0 Å². The summed E-state index contributed by atoms with van der Waals surface area (Å²) in [6.07, 6.45) is 14.8. The molecule has 0 atom stereocenters. The molecule has 0 aromatic rings. The van der Waals surface area contributed by atoms with E-state index in [-0.39, 0.29) is 11.1 Å². The topological polar surface area (TPSA) is 20.3 Å². The second-order valence-electron chi connectivity index (χ2n) is 7.02. The molecule has 0 amide bonds. The lowest BCUT2D eigenvalue weighted by molar-refractivity contribution is -0.141. The maximum atomic E-state index is 12.3. The molecule has 3 fully saturated rings. The monoisotopic (exact) mass is 249 g/mol. The molecule has 18 heavy (non-hydrogen) atoms. The van der Waals surface area contributed by atoms with Crippen LogP contribution in [-0.2, 0) is 4.79 Å². The first-order valence-electron chi connectivity index (χ1n) is 7.93. The highest BCUT2D eigenvalue weighted by Crippen LogP contribution is 2.49. The van der Waals surface area contributed by atoms with Crippen LogP contribution in [0.2, 0.25) is 0 Å². The minimum Gasteiger partial charge on any atom is -0.300 e. The average molecular weight is 249 g/mol. The van der Waals surface area contributed by atoms with Crippen molar-refractivity contribution < 1.29 is 4.79 Å². The van der Waals surface area contributed by atoms with Crippen molar-refractivity contribution in [1.29, 1.82) is 0 Å². The first kappa shape index (κ1) is 12.7. The van der Waals surface area contributed by atoms with Gasteiger partial charge >= 0.3 is 0 Å². The Hall–Kier alpha value is -0.370. The first-order valence-corrected chi connectivity index (χ1v) is 7.93. The molecule has 3 aliphatic rings. The highest BCUT2D eigenvalue weighted by molar-refractivity contribution is 5.82. The van der Waals surface area contributed by atoms with Crippen LogP contribution in [0.3, 0.4) is 0 Å². The molecule has 0 bridgehead atoms. The van der Waals surface area contributed by atoms with Crippen LogP contribution in [0.5, 0.6) is 0 Å². The van der Waals surface area contributed by atoms with Crippen molar-refractivity contribution in [1.82, 2.24) is 4.90 Å². The van der Waals surface area contributed by atoms with Gasteiger partial charge in [0.1, 0.15) is 5.78 Å². The maximum Gasteiger partial charge on any atom is 0.136 e. The van der Waals surface area contributed by atoms with Crippen molar-refractivity contribution in [2.45, 2.75) is 88.1 Å². The predicted molar refractivity (Wildman–Crippen MR) is 73.6 cm³/mol. The second kappa shape index (κ2) is 4.63. The molecule has 0 unspecified atom stereocenters. The Bertz CT molecular complexity index is 294. The van der Waals surface area contributed by atoms with Gasteiger partial charge in [0.05, 0.1) is 0 Å². The van der Waals surface area contributed by atoms with Gasteiger partial charge in [-0.25, -0.2) is 0 Å². The Morgan fingerprint density at radius 2 is 1.17 bits per heavy atom. The van der Waals surface area contributed by atoms with Gasteiger partial charge in [0, 0.05) is 23.9 Å². The normalized spacial score (nSPS) is 31.9. The number of carbonyl (C=O) groups excluding carboxylic acids is 1. The smallest absolute Gasteiger partial charge is 0.136 e. The van der Waals surface area contributed by atoms with Crippen LogP contribution in [0.25, 0.3) is 0 Å². The number of hydrogen-bond donors (Lipinski definition) is 0. The van der Waals surface area contributed by atoms with Crippen LogP contribution in [0, 0.1) is 0 Å². The molecule has 1 saturated heterocycles. The molecule has 0 radical (unpaired) electrons. The molecule has 3 rings (SSSR count). The molecular weight excluding hydrogens is 222 g/mol. The standard InChI is InChI=1S/C16H27NO/c1-17-15(8-4-2-5-9-15)12-14(18)13-16(17)10-6-3-7-11-16/h2-13H2,1H3. The van der Waals surface area contributed by atoms with E-state index in [1.54, 1.807) is 0 Å². The molecule has 1 heterocycles. The van der Waals surface area contributed by atoms with E-state index >= 15 is 0 Å². The summed E-state index contributed by atoms with van der Waals surface area (Å²) >= 11 is 0. The molecule has 0 aromatic carbocycles. The predicted octanol–water partition coefficient (Wildman–Crippen LogP) is 3.69. The van der Waals surface area contributed by atoms with E-state index in [1.165, 1.54) is 64.2 Å². The van der Waals surface area contributed by atoms with E-state index in [1.807, 2.05) is 0 Å². The Morgan fingerprint density at radius 1 is 0.778 bits per heavy atom. The van der Waals surface area contributed by atoms with Crippen LogP contribution in [0.1, 0.15) is 77.0 Å². The maximum absolute atomic E-state index is 12.3. The minimum atomic E-state index is 0.241. The van der Waals surface area contributed by atoms with E-state index in [0.717, 1.165) is 12.8 Å². The summed E-state index contributed by atoms with van der Waals surface area (Å²) < 4.78 is 0. The Labute approximate surface area is 111 Å². The van der Waals surface area contributed by atoms with E-state index in [9.17, 15) is 4.79 Å². The molecule has 2 nitrogen and oxygen atoms in total. The lowest BCUT2D eigenvalue weighted by Crippen LogP contribution is -2.65. The Kier molecular flexibility index (Phi) is 3.25. The number of rotatable bonds is 0. The van der Waals surface area contributed by atoms with Gasteiger partial charge in [-0.2, -0.15) is 0 Å². The van der Waals surface area contributed by atoms with Crippen molar-refractivity contribution in [2.75, 3.05) is 7.05 Å². The molecule has 0 N–H and O–H groups in total. The third-order valence-corrected chi connectivity index (χ3v) is 6.04.